The van der Waals surface area contributed by atoms with Gasteiger partial charge in [0, 0.05) is 5.02 Å². The van der Waals surface area contributed by atoms with Gasteiger partial charge in [0.15, 0.2) is 11.4 Å². The van der Waals surface area contributed by atoms with Crippen molar-refractivity contribution >= 4 is 40.6 Å². The summed E-state index contributed by atoms with van der Waals surface area (Å²) in [6.07, 6.45) is -2.59. The number of hydrogen-bond donors (Lipinski definition) is 1. The highest BCUT2D eigenvalue weighted by Gasteiger charge is 2.32. The minimum absolute atomic E-state index is 0.182. The zero-order chi connectivity index (χ0) is 16.7. The van der Waals surface area contributed by atoms with Crippen molar-refractivity contribution in [2.24, 2.45) is 0 Å². The summed E-state index contributed by atoms with van der Waals surface area (Å²) in [5.41, 5.74) is 0.223. The van der Waals surface area contributed by atoms with Crippen LogP contribution in [0.3, 0.4) is 0 Å². The van der Waals surface area contributed by atoms with E-state index in [9.17, 15) is 14.7 Å². The van der Waals surface area contributed by atoms with E-state index in [-0.39, 0.29) is 5.82 Å². The van der Waals surface area contributed by atoms with E-state index in [1.54, 1.807) is 33.8 Å². The molecule has 0 spiro atoms. The Bertz CT molecular complexity index is 748. The van der Waals surface area contributed by atoms with Gasteiger partial charge in [-0.25, -0.2) is 9.59 Å². The Morgan fingerprint density at radius 3 is 2.55 bits per heavy atom. The average molecular weight is 327 g/mol. The number of aryl methyl sites for hydroxylation is 1. The summed E-state index contributed by atoms with van der Waals surface area (Å²) >= 11 is 6.04. The van der Waals surface area contributed by atoms with Crippen LogP contribution in [0.25, 0.3) is 11.0 Å². The number of amides is 2. The average Bonchev–Trinajstić information content (AvgIpc) is 2.70. The predicted octanol–water partition coefficient (Wildman–Crippen LogP) is 4.21. The molecule has 22 heavy (non-hydrogen) atoms. The van der Waals surface area contributed by atoms with Crippen LogP contribution >= 0.6 is 11.6 Å². The van der Waals surface area contributed by atoms with E-state index < -0.39 is 17.8 Å². The van der Waals surface area contributed by atoms with Crippen LogP contribution in [0.4, 0.5) is 15.4 Å². The summed E-state index contributed by atoms with van der Waals surface area (Å²) in [7, 11) is 0. The Morgan fingerprint density at radius 2 is 2.00 bits per heavy atom. The fraction of sp³-hybridized carbons (Fsp3) is 0.357. The Balaban J connectivity index is 2.52. The van der Waals surface area contributed by atoms with Gasteiger partial charge in [0.2, 0.25) is 0 Å². The number of halogens is 1. The SMILES string of the molecule is Cc1cc2onc(N(C(=O)O)C(=O)OC(C)(C)C)c2cc1Cl. The van der Waals surface area contributed by atoms with Crippen molar-refractivity contribution in [3.8, 4) is 0 Å². The topological polar surface area (TPSA) is 92.9 Å². The van der Waals surface area contributed by atoms with E-state index in [0.717, 1.165) is 5.56 Å². The molecule has 0 aliphatic carbocycles. The van der Waals surface area contributed by atoms with E-state index in [1.165, 1.54) is 6.07 Å². The van der Waals surface area contributed by atoms with Crippen molar-refractivity contribution in [3.05, 3.63) is 22.7 Å². The summed E-state index contributed by atoms with van der Waals surface area (Å²) < 4.78 is 10.2. The molecule has 8 heteroatoms. The molecule has 0 aliphatic heterocycles. The van der Waals surface area contributed by atoms with Crippen molar-refractivity contribution in [1.29, 1.82) is 0 Å². The summed E-state index contributed by atoms with van der Waals surface area (Å²) in [5.74, 6) is -0.182. The second-order valence-electron chi connectivity index (χ2n) is 5.70. The highest BCUT2D eigenvalue weighted by Crippen LogP contribution is 2.31. The molecule has 1 N–H and O–H groups in total. The van der Waals surface area contributed by atoms with Gasteiger partial charge < -0.3 is 14.4 Å². The van der Waals surface area contributed by atoms with Crippen molar-refractivity contribution in [2.75, 3.05) is 4.90 Å². The van der Waals surface area contributed by atoms with Crippen LogP contribution in [0.2, 0.25) is 5.02 Å². The number of nitrogens with zero attached hydrogens (tertiary/aromatic N) is 2. The van der Waals surface area contributed by atoms with Crippen LogP contribution in [0.15, 0.2) is 16.7 Å². The molecule has 1 aromatic heterocycles. The first-order valence-electron chi connectivity index (χ1n) is 6.41. The molecule has 0 fully saturated rings. The molecule has 0 bridgehead atoms. The third kappa shape index (κ3) is 3.14. The number of aromatic nitrogens is 1. The van der Waals surface area contributed by atoms with Crippen LogP contribution < -0.4 is 4.90 Å². The molecule has 0 aliphatic rings. The number of benzene rings is 1. The predicted molar refractivity (Wildman–Crippen MR) is 80.5 cm³/mol. The molecule has 0 radical (unpaired) electrons. The largest absolute Gasteiger partial charge is 0.464 e. The molecule has 118 valence electrons. The summed E-state index contributed by atoms with van der Waals surface area (Å²) in [6.45, 7) is 6.66. The van der Waals surface area contributed by atoms with E-state index in [4.69, 9.17) is 20.9 Å². The summed E-state index contributed by atoms with van der Waals surface area (Å²) in [6, 6.07) is 3.11. The van der Waals surface area contributed by atoms with Gasteiger partial charge in [0.05, 0.1) is 5.39 Å². The molecular formula is C14H15ClN2O5. The highest BCUT2D eigenvalue weighted by atomic mass is 35.5. The molecular weight excluding hydrogens is 312 g/mol. The number of imide groups is 1. The lowest BCUT2D eigenvalue weighted by molar-refractivity contribution is 0.0580. The van der Waals surface area contributed by atoms with Crippen LogP contribution in [0, 0.1) is 6.92 Å². The first-order valence-corrected chi connectivity index (χ1v) is 6.79. The van der Waals surface area contributed by atoms with Gasteiger partial charge in [-0.05, 0) is 45.4 Å². The lowest BCUT2D eigenvalue weighted by Crippen LogP contribution is -2.40. The molecule has 1 aromatic carbocycles. The normalized spacial score (nSPS) is 11.5. The highest BCUT2D eigenvalue weighted by molar-refractivity contribution is 6.32. The number of carbonyl (C=O) groups is 2. The Labute approximate surface area is 131 Å². The van der Waals surface area contributed by atoms with E-state index in [1.807, 2.05) is 0 Å². The van der Waals surface area contributed by atoms with Gasteiger partial charge in [-0.3, -0.25) is 0 Å². The number of fused-ring (bicyclic) bond motifs is 1. The second kappa shape index (κ2) is 5.49. The number of carboxylic acid groups (broad SMARTS) is 1. The van der Waals surface area contributed by atoms with E-state index in [0.29, 0.717) is 20.9 Å². The van der Waals surface area contributed by atoms with Gasteiger partial charge in [0.25, 0.3) is 0 Å². The first-order chi connectivity index (χ1) is 10.1. The molecule has 7 nitrogen and oxygen atoms in total. The smallest absolute Gasteiger partial charge is 0.425 e. The Kier molecular flexibility index (Phi) is 4.02. The number of rotatable bonds is 1. The van der Waals surface area contributed by atoms with Gasteiger partial charge in [-0.1, -0.05) is 16.8 Å². The molecule has 0 atom stereocenters. The Hall–Kier alpha value is -2.28. The minimum atomic E-state index is -1.53. The maximum absolute atomic E-state index is 12.1. The number of hydrogen-bond acceptors (Lipinski definition) is 5. The molecule has 0 saturated heterocycles. The maximum Gasteiger partial charge on any atom is 0.425 e. The first kappa shape index (κ1) is 16.1. The Morgan fingerprint density at radius 1 is 1.36 bits per heavy atom. The van der Waals surface area contributed by atoms with Crippen molar-refractivity contribution in [1.82, 2.24) is 5.16 Å². The number of anilines is 1. The molecule has 0 saturated carbocycles. The third-order valence-electron chi connectivity index (χ3n) is 2.71. The van der Waals surface area contributed by atoms with Crippen molar-refractivity contribution < 1.29 is 24.0 Å². The molecule has 0 unspecified atom stereocenters. The van der Waals surface area contributed by atoms with E-state index in [2.05, 4.69) is 5.16 Å². The number of ether oxygens (including phenoxy) is 1. The summed E-state index contributed by atoms with van der Waals surface area (Å²) in [5, 5.41) is 13.7. The van der Waals surface area contributed by atoms with Gasteiger partial charge in [0.1, 0.15) is 5.60 Å². The lowest BCUT2D eigenvalue weighted by atomic mass is 10.2. The minimum Gasteiger partial charge on any atom is -0.464 e. The van der Waals surface area contributed by atoms with Crippen molar-refractivity contribution in [3.63, 3.8) is 0 Å². The zero-order valence-electron chi connectivity index (χ0n) is 12.5. The van der Waals surface area contributed by atoms with Crippen LogP contribution in [-0.2, 0) is 4.74 Å². The van der Waals surface area contributed by atoms with Gasteiger partial charge >= 0.3 is 12.2 Å². The van der Waals surface area contributed by atoms with E-state index >= 15 is 0 Å². The quantitative estimate of drug-likeness (QED) is 0.843. The van der Waals surface area contributed by atoms with Gasteiger partial charge in [-0.2, -0.15) is 4.90 Å². The lowest BCUT2D eigenvalue weighted by Gasteiger charge is -2.23. The summed E-state index contributed by atoms with van der Waals surface area (Å²) in [4.78, 5) is 23.9. The molecule has 1 heterocycles. The van der Waals surface area contributed by atoms with Crippen LogP contribution in [0.1, 0.15) is 26.3 Å². The van der Waals surface area contributed by atoms with Gasteiger partial charge in [-0.15, -0.1) is 0 Å². The van der Waals surface area contributed by atoms with Crippen LogP contribution in [0.5, 0.6) is 0 Å². The number of carbonyl (C=O) groups excluding carboxylic acids is 1. The van der Waals surface area contributed by atoms with Crippen LogP contribution in [-0.4, -0.2) is 28.1 Å². The third-order valence-corrected chi connectivity index (χ3v) is 3.12. The second-order valence-corrected chi connectivity index (χ2v) is 6.11. The molecule has 2 aromatic rings. The molecule has 2 amide bonds. The molecule has 2 rings (SSSR count). The monoisotopic (exact) mass is 326 g/mol. The zero-order valence-corrected chi connectivity index (χ0v) is 13.3. The fourth-order valence-electron chi connectivity index (χ4n) is 1.77. The van der Waals surface area contributed by atoms with Crippen molar-refractivity contribution in [2.45, 2.75) is 33.3 Å². The fourth-order valence-corrected chi connectivity index (χ4v) is 1.93. The maximum atomic E-state index is 12.1. The standard InChI is InChI=1S/C14H15ClN2O5/c1-7-5-10-8(6-9(7)15)11(16-22-10)17(12(18)19)13(20)21-14(2,3)4/h5-6H,1-4H3,(H,18,19).